The van der Waals surface area contributed by atoms with Gasteiger partial charge in [-0.2, -0.15) is 0 Å². The van der Waals surface area contributed by atoms with Gasteiger partial charge in [-0.15, -0.1) is 0 Å². The van der Waals surface area contributed by atoms with Gasteiger partial charge in [0, 0.05) is 5.57 Å². The van der Waals surface area contributed by atoms with E-state index in [9.17, 15) is 4.79 Å². The van der Waals surface area contributed by atoms with Crippen LogP contribution in [0, 0.1) is 0 Å². The van der Waals surface area contributed by atoms with Crippen LogP contribution in [0.1, 0.15) is 41.1 Å². The number of amides is 1. The number of fused-ring (bicyclic) bond motifs is 1. The quantitative estimate of drug-likeness (QED) is 0.471. The molecule has 1 atom stereocenters. The first-order valence-corrected chi connectivity index (χ1v) is 10.0. The molecule has 0 unspecified atom stereocenters. The smallest absolute Gasteiger partial charge is 0.252 e. The number of hydrogen-bond acceptors (Lipinski definition) is 2. The summed E-state index contributed by atoms with van der Waals surface area (Å²) in [5.41, 5.74) is 5.11. The van der Waals surface area contributed by atoms with Gasteiger partial charge < -0.3 is 10.1 Å². The topological polar surface area (TPSA) is 38.3 Å². The highest BCUT2D eigenvalue weighted by molar-refractivity contribution is 6.24. The third-order valence-electron chi connectivity index (χ3n) is 5.43. The van der Waals surface area contributed by atoms with Gasteiger partial charge in [0.2, 0.25) is 0 Å². The maximum Gasteiger partial charge on any atom is 0.252 e. The average molecular weight is 383 g/mol. The van der Waals surface area contributed by atoms with E-state index in [1.807, 2.05) is 60.7 Å². The normalized spacial score (nSPS) is 16.0. The number of aryl methyl sites for hydroxylation is 1. The molecule has 0 spiro atoms. The zero-order valence-electron chi connectivity index (χ0n) is 16.6. The van der Waals surface area contributed by atoms with E-state index in [1.54, 1.807) is 7.11 Å². The van der Waals surface area contributed by atoms with Gasteiger partial charge in [0.1, 0.15) is 5.75 Å². The van der Waals surface area contributed by atoms with Crippen molar-refractivity contribution in [1.29, 1.82) is 0 Å². The van der Waals surface area contributed by atoms with Crippen LogP contribution in [0.25, 0.3) is 11.6 Å². The SMILES string of the molecule is COc1ccc(/C=C(/C(=O)N[C@@H]2CCCc3ccccc32)c2ccccc2)cc1. The van der Waals surface area contributed by atoms with E-state index < -0.39 is 0 Å². The highest BCUT2D eigenvalue weighted by atomic mass is 16.5. The molecule has 146 valence electrons. The van der Waals surface area contributed by atoms with Gasteiger partial charge in [-0.25, -0.2) is 0 Å². The van der Waals surface area contributed by atoms with Gasteiger partial charge in [-0.05, 0) is 59.7 Å². The summed E-state index contributed by atoms with van der Waals surface area (Å²) in [5, 5.41) is 3.28. The van der Waals surface area contributed by atoms with Crippen molar-refractivity contribution < 1.29 is 9.53 Å². The van der Waals surface area contributed by atoms with Crippen molar-refractivity contribution in [3.05, 3.63) is 101 Å². The van der Waals surface area contributed by atoms with Crippen LogP contribution in [0.5, 0.6) is 5.75 Å². The lowest BCUT2D eigenvalue weighted by Gasteiger charge is -2.27. The lowest BCUT2D eigenvalue weighted by atomic mass is 9.87. The molecule has 3 heteroatoms. The molecule has 29 heavy (non-hydrogen) atoms. The Morgan fingerprint density at radius 3 is 2.45 bits per heavy atom. The van der Waals surface area contributed by atoms with Crippen LogP contribution in [-0.4, -0.2) is 13.0 Å². The van der Waals surface area contributed by atoms with E-state index in [-0.39, 0.29) is 11.9 Å². The molecule has 1 aliphatic rings. The second-order valence-electron chi connectivity index (χ2n) is 7.31. The Labute approximate surface area is 172 Å². The molecule has 0 aliphatic heterocycles. The fourth-order valence-corrected chi connectivity index (χ4v) is 3.90. The van der Waals surface area contributed by atoms with Crippen molar-refractivity contribution in [3.63, 3.8) is 0 Å². The summed E-state index contributed by atoms with van der Waals surface area (Å²) in [6.07, 6.45) is 5.08. The van der Waals surface area contributed by atoms with Crippen LogP contribution in [0.3, 0.4) is 0 Å². The number of hydrogen-bond donors (Lipinski definition) is 1. The zero-order chi connectivity index (χ0) is 20.1. The number of ether oxygens (including phenoxy) is 1. The third-order valence-corrected chi connectivity index (χ3v) is 5.43. The largest absolute Gasteiger partial charge is 0.497 e. The van der Waals surface area contributed by atoms with E-state index in [4.69, 9.17) is 4.74 Å². The summed E-state index contributed by atoms with van der Waals surface area (Å²) in [6.45, 7) is 0. The Kier molecular flexibility index (Phi) is 5.76. The van der Waals surface area contributed by atoms with E-state index in [0.29, 0.717) is 5.57 Å². The zero-order valence-corrected chi connectivity index (χ0v) is 16.6. The van der Waals surface area contributed by atoms with Crippen molar-refractivity contribution in [3.8, 4) is 5.75 Å². The summed E-state index contributed by atoms with van der Waals surface area (Å²) in [6, 6.07) is 26.0. The van der Waals surface area contributed by atoms with Crippen molar-refractivity contribution in [1.82, 2.24) is 5.32 Å². The maximum absolute atomic E-state index is 13.3. The highest BCUT2D eigenvalue weighted by Gasteiger charge is 2.23. The molecule has 0 fully saturated rings. The minimum Gasteiger partial charge on any atom is -0.497 e. The van der Waals surface area contributed by atoms with Gasteiger partial charge in [0.15, 0.2) is 0 Å². The Morgan fingerprint density at radius 2 is 1.69 bits per heavy atom. The van der Waals surface area contributed by atoms with Crippen LogP contribution < -0.4 is 10.1 Å². The van der Waals surface area contributed by atoms with Crippen molar-refractivity contribution in [2.45, 2.75) is 25.3 Å². The fourth-order valence-electron chi connectivity index (χ4n) is 3.90. The van der Waals surface area contributed by atoms with Gasteiger partial charge in [-0.1, -0.05) is 66.7 Å². The second-order valence-corrected chi connectivity index (χ2v) is 7.31. The summed E-state index contributed by atoms with van der Waals surface area (Å²) >= 11 is 0. The molecule has 0 bridgehead atoms. The molecule has 0 heterocycles. The lowest BCUT2D eigenvalue weighted by Crippen LogP contribution is -2.31. The van der Waals surface area contributed by atoms with Crippen LogP contribution in [-0.2, 0) is 11.2 Å². The summed E-state index contributed by atoms with van der Waals surface area (Å²) in [4.78, 5) is 13.3. The van der Waals surface area contributed by atoms with Gasteiger partial charge in [0.25, 0.3) is 5.91 Å². The maximum atomic E-state index is 13.3. The van der Waals surface area contributed by atoms with Crippen LogP contribution in [0.2, 0.25) is 0 Å². The Morgan fingerprint density at radius 1 is 0.966 bits per heavy atom. The van der Waals surface area contributed by atoms with E-state index in [1.165, 1.54) is 11.1 Å². The van der Waals surface area contributed by atoms with Gasteiger partial charge in [-0.3, -0.25) is 4.79 Å². The minimum atomic E-state index is -0.0475. The van der Waals surface area contributed by atoms with E-state index in [2.05, 4.69) is 29.6 Å². The number of carbonyl (C=O) groups is 1. The Bertz CT molecular complexity index is 1010. The molecular weight excluding hydrogens is 358 g/mol. The molecule has 1 aliphatic carbocycles. The highest BCUT2D eigenvalue weighted by Crippen LogP contribution is 2.30. The minimum absolute atomic E-state index is 0.0475. The molecule has 0 saturated heterocycles. The monoisotopic (exact) mass is 383 g/mol. The Hall–Kier alpha value is -3.33. The van der Waals surface area contributed by atoms with Crippen LogP contribution in [0.15, 0.2) is 78.9 Å². The summed E-state index contributed by atoms with van der Waals surface area (Å²) in [5.74, 6) is 0.750. The number of benzene rings is 3. The molecule has 0 saturated carbocycles. The van der Waals surface area contributed by atoms with Gasteiger partial charge in [0.05, 0.1) is 13.2 Å². The Balaban J connectivity index is 1.65. The molecule has 0 aromatic heterocycles. The molecule has 1 amide bonds. The van der Waals surface area contributed by atoms with E-state index in [0.717, 1.165) is 36.1 Å². The molecule has 4 rings (SSSR count). The molecule has 1 N–H and O–H groups in total. The second kappa shape index (κ2) is 8.78. The average Bonchev–Trinajstić information content (AvgIpc) is 2.78. The molecular formula is C26H25NO2. The summed E-state index contributed by atoms with van der Waals surface area (Å²) < 4.78 is 5.24. The molecule has 0 radical (unpaired) electrons. The van der Waals surface area contributed by atoms with Crippen LogP contribution in [0.4, 0.5) is 0 Å². The first kappa shape index (κ1) is 19.0. The summed E-state index contributed by atoms with van der Waals surface area (Å²) in [7, 11) is 1.65. The number of methoxy groups -OCH3 is 1. The lowest BCUT2D eigenvalue weighted by molar-refractivity contribution is -0.116. The van der Waals surface area contributed by atoms with Crippen molar-refractivity contribution in [2.75, 3.05) is 7.11 Å². The first-order chi connectivity index (χ1) is 14.2. The van der Waals surface area contributed by atoms with Crippen LogP contribution >= 0.6 is 0 Å². The standard InChI is InChI=1S/C26H25NO2/c1-29-22-16-14-19(15-17-22)18-24(21-8-3-2-4-9-21)26(28)27-25-13-7-11-20-10-5-6-12-23(20)25/h2-6,8-10,12,14-18,25H,7,11,13H2,1H3,(H,27,28)/b24-18+/t25-/m1/s1. The predicted molar refractivity (Wildman–Crippen MR) is 118 cm³/mol. The third kappa shape index (κ3) is 4.40. The predicted octanol–water partition coefficient (Wildman–Crippen LogP) is 5.43. The number of rotatable bonds is 5. The first-order valence-electron chi connectivity index (χ1n) is 10.0. The van der Waals surface area contributed by atoms with Crippen molar-refractivity contribution >= 4 is 17.6 Å². The van der Waals surface area contributed by atoms with Gasteiger partial charge >= 0.3 is 0 Å². The van der Waals surface area contributed by atoms with Crippen molar-refractivity contribution in [2.24, 2.45) is 0 Å². The number of carbonyl (C=O) groups excluding carboxylic acids is 1. The van der Waals surface area contributed by atoms with E-state index >= 15 is 0 Å². The molecule has 3 nitrogen and oxygen atoms in total. The fraction of sp³-hybridized carbons (Fsp3) is 0.192. The number of nitrogens with one attached hydrogen (secondary N) is 1. The molecule has 3 aromatic carbocycles. The molecule has 3 aromatic rings.